The van der Waals surface area contributed by atoms with Crippen LogP contribution in [0.25, 0.3) is 0 Å². The van der Waals surface area contributed by atoms with Crippen LogP contribution in [0.4, 0.5) is 0 Å². The quantitative estimate of drug-likeness (QED) is 0.784. The van der Waals surface area contributed by atoms with E-state index < -0.39 is 23.8 Å². The Kier molecular flexibility index (Phi) is 5.92. The Bertz CT molecular complexity index is 579. The number of carboxylic acids is 2. The fraction of sp³-hybridized carbons (Fsp3) is 0.263. The van der Waals surface area contributed by atoms with Crippen molar-refractivity contribution >= 4 is 11.9 Å². The van der Waals surface area contributed by atoms with E-state index in [1.165, 1.54) is 0 Å². The van der Waals surface area contributed by atoms with Crippen molar-refractivity contribution in [3.63, 3.8) is 0 Å². The van der Waals surface area contributed by atoms with Gasteiger partial charge < -0.3 is 10.2 Å². The van der Waals surface area contributed by atoms with Gasteiger partial charge in [0.2, 0.25) is 0 Å². The zero-order valence-corrected chi connectivity index (χ0v) is 12.8. The van der Waals surface area contributed by atoms with Crippen LogP contribution in [0.15, 0.2) is 60.7 Å². The molecule has 0 radical (unpaired) electrons. The highest BCUT2D eigenvalue weighted by atomic mass is 16.4. The molecule has 2 aromatic carbocycles. The van der Waals surface area contributed by atoms with Crippen LogP contribution in [-0.2, 0) is 22.4 Å². The largest absolute Gasteiger partial charge is 0.481 e. The predicted molar refractivity (Wildman–Crippen MR) is 87.2 cm³/mol. The van der Waals surface area contributed by atoms with Gasteiger partial charge >= 0.3 is 11.9 Å². The summed E-state index contributed by atoms with van der Waals surface area (Å²) in [5, 5.41) is 18.9. The lowest BCUT2D eigenvalue weighted by Crippen LogP contribution is -2.26. The van der Waals surface area contributed by atoms with E-state index in [1.54, 1.807) is 0 Å². The van der Waals surface area contributed by atoms with Crippen molar-refractivity contribution in [2.24, 2.45) is 11.8 Å². The van der Waals surface area contributed by atoms with Gasteiger partial charge in [-0.25, -0.2) is 0 Å². The number of hydrogen-bond donors (Lipinski definition) is 2. The molecule has 0 aliphatic carbocycles. The smallest absolute Gasteiger partial charge is 0.306 e. The van der Waals surface area contributed by atoms with E-state index >= 15 is 0 Å². The van der Waals surface area contributed by atoms with Gasteiger partial charge in [0.25, 0.3) is 0 Å². The fourth-order valence-corrected chi connectivity index (χ4v) is 2.68. The van der Waals surface area contributed by atoms with Gasteiger partial charge in [0, 0.05) is 0 Å². The molecule has 0 saturated carbocycles. The predicted octanol–water partition coefficient (Wildman–Crippen LogP) is 3.26. The normalized spacial score (nSPS) is 13.2. The summed E-state index contributed by atoms with van der Waals surface area (Å²) < 4.78 is 0. The maximum Gasteiger partial charge on any atom is 0.306 e. The molecule has 0 aliphatic heterocycles. The molecule has 0 bridgehead atoms. The zero-order chi connectivity index (χ0) is 16.7. The minimum Gasteiger partial charge on any atom is -0.481 e. The SMILES string of the molecule is O=C(O)C(Cc1ccccc1)CC(Cc1ccccc1)C(=O)O. The van der Waals surface area contributed by atoms with Crippen LogP contribution in [0.3, 0.4) is 0 Å². The molecule has 2 rings (SSSR count). The second-order valence-corrected chi connectivity index (χ2v) is 5.69. The van der Waals surface area contributed by atoms with Crippen LogP contribution in [0.1, 0.15) is 17.5 Å². The van der Waals surface area contributed by atoms with Crippen LogP contribution in [0.2, 0.25) is 0 Å². The lowest BCUT2D eigenvalue weighted by molar-refractivity contribution is -0.145. The summed E-state index contributed by atoms with van der Waals surface area (Å²) in [5.74, 6) is -3.31. The first kappa shape index (κ1) is 16.7. The summed E-state index contributed by atoms with van der Waals surface area (Å²) in [6, 6.07) is 18.6. The molecule has 23 heavy (non-hydrogen) atoms. The summed E-state index contributed by atoms with van der Waals surface area (Å²) in [6.45, 7) is 0. The molecule has 2 N–H and O–H groups in total. The third kappa shape index (κ3) is 5.25. The molecule has 0 heterocycles. The van der Waals surface area contributed by atoms with Crippen LogP contribution in [0.5, 0.6) is 0 Å². The Morgan fingerprint density at radius 1 is 0.696 bits per heavy atom. The molecule has 0 aromatic heterocycles. The Balaban J connectivity index is 2.08. The highest BCUT2D eigenvalue weighted by Gasteiger charge is 2.27. The topological polar surface area (TPSA) is 74.6 Å². The maximum atomic E-state index is 11.5. The van der Waals surface area contributed by atoms with Gasteiger partial charge in [0.1, 0.15) is 0 Å². The summed E-state index contributed by atoms with van der Waals surface area (Å²) in [6.07, 6.45) is 0.804. The Hall–Kier alpha value is -2.62. The maximum absolute atomic E-state index is 11.5. The van der Waals surface area contributed by atoms with Crippen molar-refractivity contribution in [1.82, 2.24) is 0 Å². The van der Waals surface area contributed by atoms with E-state index in [1.807, 2.05) is 60.7 Å². The first-order valence-corrected chi connectivity index (χ1v) is 7.59. The van der Waals surface area contributed by atoms with Crippen molar-refractivity contribution in [2.45, 2.75) is 19.3 Å². The summed E-state index contributed by atoms with van der Waals surface area (Å²) in [7, 11) is 0. The second kappa shape index (κ2) is 8.13. The average Bonchev–Trinajstić information content (AvgIpc) is 2.55. The third-order valence-corrected chi connectivity index (χ3v) is 3.92. The van der Waals surface area contributed by atoms with Gasteiger partial charge in [-0.05, 0) is 30.4 Å². The molecular formula is C19H20O4. The minimum atomic E-state index is -0.951. The van der Waals surface area contributed by atoms with Crippen LogP contribution in [0, 0.1) is 11.8 Å². The molecule has 0 amide bonds. The molecule has 4 nitrogen and oxygen atoms in total. The van der Waals surface area contributed by atoms with Crippen LogP contribution < -0.4 is 0 Å². The number of benzene rings is 2. The van der Waals surface area contributed by atoms with Crippen molar-refractivity contribution in [3.8, 4) is 0 Å². The Morgan fingerprint density at radius 2 is 1.04 bits per heavy atom. The molecule has 2 unspecified atom stereocenters. The van der Waals surface area contributed by atoms with Gasteiger partial charge in [0.15, 0.2) is 0 Å². The molecule has 0 spiro atoms. The molecular weight excluding hydrogens is 292 g/mol. The summed E-state index contributed by atoms with van der Waals surface area (Å²) in [4.78, 5) is 23.0. The van der Waals surface area contributed by atoms with Gasteiger partial charge in [0.05, 0.1) is 11.8 Å². The number of carbonyl (C=O) groups is 2. The van der Waals surface area contributed by atoms with Crippen LogP contribution >= 0.6 is 0 Å². The first-order valence-electron chi connectivity index (χ1n) is 7.59. The van der Waals surface area contributed by atoms with E-state index in [-0.39, 0.29) is 6.42 Å². The number of hydrogen-bond acceptors (Lipinski definition) is 2. The van der Waals surface area contributed by atoms with Gasteiger partial charge in [-0.2, -0.15) is 0 Å². The van der Waals surface area contributed by atoms with E-state index in [2.05, 4.69) is 0 Å². The molecule has 2 atom stereocenters. The number of carboxylic acid groups (broad SMARTS) is 2. The summed E-state index contributed by atoms with van der Waals surface area (Å²) >= 11 is 0. The van der Waals surface area contributed by atoms with Gasteiger partial charge in [-0.3, -0.25) is 9.59 Å². The van der Waals surface area contributed by atoms with Gasteiger partial charge in [-0.1, -0.05) is 60.7 Å². The average molecular weight is 312 g/mol. The van der Waals surface area contributed by atoms with Crippen LogP contribution in [-0.4, -0.2) is 22.2 Å². The highest BCUT2D eigenvalue weighted by molar-refractivity contribution is 5.74. The minimum absolute atomic E-state index is 0.119. The fourth-order valence-electron chi connectivity index (χ4n) is 2.68. The molecule has 0 fully saturated rings. The lowest BCUT2D eigenvalue weighted by atomic mass is 9.86. The zero-order valence-electron chi connectivity index (χ0n) is 12.8. The number of aliphatic carboxylic acids is 2. The highest BCUT2D eigenvalue weighted by Crippen LogP contribution is 2.22. The monoisotopic (exact) mass is 312 g/mol. The molecule has 0 aliphatic rings. The van der Waals surface area contributed by atoms with E-state index in [4.69, 9.17) is 0 Å². The third-order valence-electron chi connectivity index (χ3n) is 3.92. The lowest BCUT2D eigenvalue weighted by Gasteiger charge is -2.18. The van der Waals surface area contributed by atoms with Crippen molar-refractivity contribution in [1.29, 1.82) is 0 Å². The van der Waals surface area contributed by atoms with E-state index in [0.29, 0.717) is 12.8 Å². The molecule has 120 valence electrons. The van der Waals surface area contributed by atoms with Crippen molar-refractivity contribution < 1.29 is 19.8 Å². The Morgan fingerprint density at radius 3 is 1.35 bits per heavy atom. The first-order chi connectivity index (χ1) is 11.1. The summed E-state index contributed by atoms with van der Waals surface area (Å²) in [5.41, 5.74) is 1.81. The number of rotatable bonds is 8. The Labute approximate surface area is 135 Å². The molecule has 0 saturated heterocycles. The van der Waals surface area contributed by atoms with E-state index in [9.17, 15) is 19.8 Å². The van der Waals surface area contributed by atoms with Crippen molar-refractivity contribution in [2.75, 3.05) is 0 Å². The molecule has 2 aromatic rings. The van der Waals surface area contributed by atoms with E-state index in [0.717, 1.165) is 11.1 Å². The van der Waals surface area contributed by atoms with Crippen molar-refractivity contribution in [3.05, 3.63) is 71.8 Å². The van der Waals surface area contributed by atoms with Gasteiger partial charge in [-0.15, -0.1) is 0 Å². The second-order valence-electron chi connectivity index (χ2n) is 5.69. The molecule has 4 heteroatoms. The standard InChI is InChI=1S/C19H20O4/c20-18(21)16(11-14-7-3-1-4-8-14)13-17(19(22)23)12-15-9-5-2-6-10-15/h1-10,16-17H,11-13H2,(H,20,21)(H,22,23).